The average molecular weight is 331 g/mol. The molecule has 2 aromatic carbocycles. The maximum absolute atomic E-state index is 12.5. The zero-order chi connectivity index (χ0) is 17.4. The van der Waals surface area contributed by atoms with E-state index in [1.807, 2.05) is 46.9 Å². The third kappa shape index (κ3) is 2.45. The molecule has 2 heterocycles. The highest BCUT2D eigenvalue weighted by Crippen LogP contribution is 2.30. The van der Waals surface area contributed by atoms with Crippen molar-refractivity contribution in [2.45, 2.75) is 33.2 Å². The van der Waals surface area contributed by atoms with Gasteiger partial charge in [0.15, 0.2) is 5.78 Å². The second-order valence-electron chi connectivity index (χ2n) is 6.36. The number of rotatable bonds is 5. The van der Waals surface area contributed by atoms with Gasteiger partial charge in [-0.25, -0.2) is 4.98 Å². The predicted octanol–water partition coefficient (Wildman–Crippen LogP) is 4.96. The minimum Gasteiger partial charge on any atom is -0.310 e. The van der Waals surface area contributed by atoms with Crippen LogP contribution in [0, 0.1) is 0 Å². The molecule has 0 amide bonds. The number of imidazole rings is 2. The average Bonchev–Trinajstić information content (AvgIpc) is 3.16. The van der Waals surface area contributed by atoms with Crippen LogP contribution in [-0.2, 0) is 6.54 Å². The second kappa shape index (κ2) is 6.20. The zero-order valence-electron chi connectivity index (χ0n) is 14.6. The lowest BCUT2D eigenvalue weighted by Gasteiger charge is -2.04. The minimum absolute atomic E-state index is 0.0322. The summed E-state index contributed by atoms with van der Waals surface area (Å²) >= 11 is 0. The molecule has 0 fully saturated rings. The Morgan fingerprint density at radius 2 is 1.68 bits per heavy atom. The molecule has 4 rings (SSSR count). The molecular formula is C21H21N3O. The van der Waals surface area contributed by atoms with E-state index in [1.54, 1.807) is 6.92 Å². The van der Waals surface area contributed by atoms with Crippen molar-refractivity contribution in [2.75, 3.05) is 0 Å². The Balaban J connectivity index is 2.10. The van der Waals surface area contributed by atoms with Crippen LogP contribution in [0.15, 0.2) is 54.6 Å². The Labute approximate surface area is 146 Å². The number of carbonyl (C=O) groups is 1. The molecular weight excluding hydrogens is 310 g/mol. The lowest BCUT2D eigenvalue weighted by Crippen LogP contribution is -2.00. The van der Waals surface area contributed by atoms with Crippen molar-refractivity contribution >= 4 is 22.6 Å². The highest BCUT2D eigenvalue weighted by Gasteiger charge is 2.23. The topological polar surface area (TPSA) is 39.3 Å². The molecule has 4 heteroatoms. The highest BCUT2D eigenvalue weighted by molar-refractivity contribution is 6.01. The molecule has 0 atom stereocenters. The number of aromatic nitrogens is 3. The molecule has 25 heavy (non-hydrogen) atoms. The summed E-state index contributed by atoms with van der Waals surface area (Å²) in [7, 11) is 0. The number of aryl methyl sites for hydroxylation is 1. The Bertz CT molecular complexity index is 1060. The molecule has 0 aliphatic carbocycles. The van der Waals surface area contributed by atoms with E-state index in [1.165, 1.54) is 0 Å². The molecule has 126 valence electrons. The number of para-hydroxylation sites is 2. The van der Waals surface area contributed by atoms with Crippen LogP contribution in [0.3, 0.4) is 0 Å². The van der Waals surface area contributed by atoms with Gasteiger partial charge in [-0.05, 0) is 18.6 Å². The van der Waals surface area contributed by atoms with Gasteiger partial charge >= 0.3 is 0 Å². The first-order chi connectivity index (χ1) is 12.2. The van der Waals surface area contributed by atoms with E-state index in [0.29, 0.717) is 5.69 Å². The fourth-order valence-electron chi connectivity index (χ4n) is 3.47. The first-order valence-corrected chi connectivity index (χ1v) is 8.78. The van der Waals surface area contributed by atoms with Crippen LogP contribution in [0.5, 0.6) is 0 Å². The Kier molecular flexibility index (Phi) is 3.88. The Hall–Kier alpha value is -2.88. The number of carbonyl (C=O) groups excluding carboxylic acids is 1. The fraction of sp³-hybridized carbons (Fsp3) is 0.238. The summed E-state index contributed by atoms with van der Waals surface area (Å²) in [5, 5.41) is 0. The third-order valence-electron chi connectivity index (χ3n) is 4.63. The van der Waals surface area contributed by atoms with Gasteiger partial charge in [-0.1, -0.05) is 55.8 Å². The first kappa shape index (κ1) is 15.6. The first-order valence-electron chi connectivity index (χ1n) is 8.78. The standard InChI is InChI=1S/C21H21N3O/c1-3-4-14-23-17-12-8-9-13-18(17)24-20(15(2)25)19(22-21(23)24)16-10-6-5-7-11-16/h5-13H,3-4,14H2,1-2H3. The number of fused-ring (bicyclic) bond motifs is 3. The quantitative estimate of drug-likeness (QED) is 0.485. The molecule has 0 bridgehead atoms. The maximum atomic E-state index is 12.5. The van der Waals surface area contributed by atoms with Gasteiger partial charge in [-0.2, -0.15) is 0 Å². The summed E-state index contributed by atoms with van der Waals surface area (Å²) in [5.74, 6) is 0.878. The van der Waals surface area contributed by atoms with Gasteiger partial charge in [0.2, 0.25) is 5.78 Å². The molecule has 0 unspecified atom stereocenters. The van der Waals surface area contributed by atoms with Crippen molar-refractivity contribution in [3.63, 3.8) is 0 Å². The molecule has 0 spiro atoms. The Morgan fingerprint density at radius 1 is 1.00 bits per heavy atom. The summed E-state index contributed by atoms with van der Waals surface area (Å²) in [6.45, 7) is 4.70. The van der Waals surface area contributed by atoms with Crippen molar-refractivity contribution in [3.05, 3.63) is 60.3 Å². The monoisotopic (exact) mass is 331 g/mol. The number of hydrogen-bond donors (Lipinski definition) is 0. The van der Waals surface area contributed by atoms with E-state index in [-0.39, 0.29) is 5.78 Å². The van der Waals surface area contributed by atoms with E-state index >= 15 is 0 Å². The van der Waals surface area contributed by atoms with E-state index in [4.69, 9.17) is 4.98 Å². The largest absolute Gasteiger partial charge is 0.310 e. The van der Waals surface area contributed by atoms with Gasteiger partial charge in [0.05, 0.1) is 11.0 Å². The SMILES string of the molecule is CCCCn1c2ccccc2n2c(C(C)=O)c(-c3ccccc3)nc12. The summed E-state index contributed by atoms with van der Waals surface area (Å²) < 4.78 is 4.26. The van der Waals surface area contributed by atoms with Gasteiger partial charge in [0.25, 0.3) is 0 Å². The maximum Gasteiger partial charge on any atom is 0.216 e. The smallest absolute Gasteiger partial charge is 0.216 e. The van der Waals surface area contributed by atoms with E-state index in [2.05, 4.69) is 23.6 Å². The Morgan fingerprint density at radius 3 is 2.36 bits per heavy atom. The van der Waals surface area contributed by atoms with Crippen LogP contribution in [-0.4, -0.2) is 19.7 Å². The van der Waals surface area contributed by atoms with Gasteiger partial charge < -0.3 is 4.57 Å². The molecule has 4 aromatic rings. The number of Topliss-reactive ketones (excluding diaryl/α,β-unsaturated/α-hetero) is 1. The van der Waals surface area contributed by atoms with Crippen molar-refractivity contribution < 1.29 is 4.79 Å². The highest BCUT2D eigenvalue weighted by atomic mass is 16.1. The van der Waals surface area contributed by atoms with Crippen LogP contribution >= 0.6 is 0 Å². The molecule has 0 radical (unpaired) electrons. The molecule has 0 N–H and O–H groups in total. The molecule has 4 nitrogen and oxygen atoms in total. The molecule has 0 aliphatic heterocycles. The summed E-state index contributed by atoms with van der Waals surface area (Å²) in [5.41, 5.74) is 4.56. The van der Waals surface area contributed by atoms with Crippen molar-refractivity contribution in [1.29, 1.82) is 0 Å². The molecule has 0 saturated heterocycles. The molecule has 0 saturated carbocycles. The number of unbranched alkanes of at least 4 members (excludes halogenated alkanes) is 1. The van der Waals surface area contributed by atoms with Gasteiger partial charge in [0, 0.05) is 19.0 Å². The molecule has 2 aromatic heterocycles. The van der Waals surface area contributed by atoms with Crippen LogP contribution in [0.1, 0.15) is 37.2 Å². The van der Waals surface area contributed by atoms with Crippen LogP contribution < -0.4 is 0 Å². The normalized spacial score (nSPS) is 11.4. The second-order valence-corrected chi connectivity index (χ2v) is 6.36. The number of ketones is 1. The molecule has 0 aliphatic rings. The lowest BCUT2D eigenvalue weighted by atomic mass is 10.1. The summed E-state index contributed by atoms with van der Waals surface area (Å²) in [6.07, 6.45) is 2.20. The van der Waals surface area contributed by atoms with Gasteiger partial charge in [-0.3, -0.25) is 9.20 Å². The zero-order valence-corrected chi connectivity index (χ0v) is 14.6. The third-order valence-corrected chi connectivity index (χ3v) is 4.63. The van der Waals surface area contributed by atoms with Crippen LogP contribution in [0.4, 0.5) is 0 Å². The number of nitrogens with zero attached hydrogens (tertiary/aromatic N) is 3. The lowest BCUT2D eigenvalue weighted by molar-refractivity contribution is 0.101. The number of hydrogen-bond acceptors (Lipinski definition) is 2. The summed E-state index contributed by atoms with van der Waals surface area (Å²) in [4.78, 5) is 17.4. The van der Waals surface area contributed by atoms with Crippen LogP contribution in [0.25, 0.3) is 28.1 Å². The fourth-order valence-corrected chi connectivity index (χ4v) is 3.47. The predicted molar refractivity (Wildman–Crippen MR) is 101 cm³/mol. The van der Waals surface area contributed by atoms with Gasteiger partial charge in [0.1, 0.15) is 11.4 Å². The van der Waals surface area contributed by atoms with E-state index < -0.39 is 0 Å². The van der Waals surface area contributed by atoms with E-state index in [9.17, 15) is 4.79 Å². The minimum atomic E-state index is 0.0322. The van der Waals surface area contributed by atoms with Crippen LogP contribution in [0.2, 0.25) is 0 Å². The van der Waals surface area contributed by atoms with Crippen molar-refractivity contribution in [3.8, 4) is 11.3 Å². The van der Waals surface area contributed by atoms with E-state index in [0.717, 1.165) is 47.5 Å². The summed E-state index contributed by atoms with van der Waals surface area (Å²) in [6, 6.07) is 18.2. The number of benzene rings is 2. The van der Waals surface area contributed by atoms with Crippen molar-refractivity contribution in [1.82, 2.24) is 14.0 Å². The van der Waals surface area contributed by atoms with Crippen molar-refractivity contribution in [2.24, 2.45) is 0 Å². The van der Waals surface area contributed by atoms with Gasteiger partial charge in [-0.15, -0.1) is 0 Å².